The Hall–Kier alpha value is -3.47. The summed E-state index contributed by atoms with van der Waals surface area (Å²) in [5.74, 6) is -0.0132. The van der Waals surface area contributed by atoms with Gasteiger partial charge >= 0.3 is 0 Å². The topological polar surface area (TPSA) is 103 Å². The van der Waals surface area contributed by atoms with E-state index in [0.29, 0.717) is 34.8 Å². The molecule has 3 amide bonds. The van der Waals surface area contributed by atoms with Crippen LogP contribution in [-0.4, -0.2) is 45.4 Å². The Labute approximate surface area is 233 Å². The van der Waals surface area contributed by atoms with Crippen molar-refractivity contribution >= 4 is 69.1 Å². The zero-order chi connectivity index (χ0) is 26.5. The van der Waals surface area contributed by atoms with Gasteiger partial charge in [-0.1, -0.05) is 59.8 Å². The summed E-state index contributed by atoms with van der Waals surface area (Å²) in [7, 11) is 0. The number of fused-ring (bicyclic) bond motifs is 3. The van der Waals surface area contributed by atoms with Crippen molar-refractivity contribution in [2.45, 2.75) is 32.0 Å². The van der Waals surface area contributed by atoms with Crippen LogP contribution in [0.5, 0.6) is 0 Å². The minimum atomic E-state index is -0.691. The lowest BCUT2D eigenvalue weighted by molar-refractivity contribution is -0.125. The molecule has 8 nitrogen and oxygen atoms in total. The molecule has 38 heavy (non-hydrogen) atoms. The summed E-state index contributed by atoms with van der Waals surface area (Å²) >= 11 is 8.92. The summed E-state index contributed by atoms with van der Waals surface area (Å²) in [5, 5.41) is 8.69. The van der Waals surface area contributed by atoms with E-state index in [-0.39, 0.29) is 36.3 Å². The van der Waals surface area contributed by atoms with Crippen LogP contribution in [0.1, 0.15) is 28.8 Å². The molecule has 3 aromatic rings. The van der Waals surface area contributed by atoms with Crippen molar-refractivity contribution in [1.29, 1.82) is 0 Å². The number of carbonyl (C=O) groups excluding carboxylic acids is 3. The molecule has 0 aliphatic carbocycles. The van der Waals surface area contributed by atoms with Gasteiger partial charge in [0.2, 0.25) is 11.8 Å². The first-order valence-electron chi connectivity index (χ1n) is 12.0. The number of amides is 3. The van der Waals surface area contributed by atoms with Crippen LogP contribution in [-0.2, 0) is 27.5 Å². The average molecular weight is 566 g/mol. The standard InChI is InChI=1S/C27H24ClN5O3S2/c28-20-9-3-1-6-17(20)14-29-24(35)16-38-27-32-21-10-4-2-8-19(21)25-31-22(26(36)33(25)27)11-12-23(34)30-15-18-7-5-13-37-18/h1-10,13,22H,11-12,14-16H2,(H,29,35)(H,30,34)/t22-/m0/s1. The number of para-hydroxylation sites is 1. The highest BCUT2D eigenvalue weighted by Gasteiger charge is 2.41. The second kappa shape index (κ2) is 11.9. The number of aliphatic imine (C=N–C) groups is 2. The third-order valence-corrected chi connectivity index (χ3v) is 8.18. The predicted octanol–water partition coefficient (Wildman–Crippen LogP) is 4.51. The quantitative estimate of drug-likeness (QED) is 0.398. The van der Waals surface area contributed by atoms with Gasteiger partial charge in [0.05, 0.1) is 18.0 Å². The lowest BCUT2D eigenvalue weighted by Gasteiger charge is -2.25. The number of hydrogen-bond donors (Lipinski definition) is 2. The van der Waals surface area contributed by atoms with E-state index in [9.17, 15) is 14.4 Å². The molecule has 2 N–H and O–H groups in total. The maximum Gasteiger partial charge on any atom is 0.259 e. The number of hydrogen-bond acceptors (Lipinski definition) is 7. The Morgan fingerprint density at radius 2 is 1.79 bits per heavy atom. The number of nitrogens with zero attached hydrogens (tertiary/aromatic N) is 3. The summed E-state index contributed by atoms with van der Waals surface area (Å²) in [6, 6.07) is 18.0. The van der Waals surface area contributed by atoms with Crippen LogP contribution < -0.4 is 10.6 Å². The zero-order valence-electron chi connectivity index (χ0n) is 20.2. The van der Waals surface area contributed by atoms with E-state index in [1.807, 2.05) is 60.0 Å². The van der Waals surface area contributed by atoms with Gasteiger partial charge in [0.25, 0.3) is 5.91 Å². The predicted molar refractivity (Wildman–Crippen MR) is 152 cm³/mol. The van der Waals surface area contributed by atoms with Gasteiger partial charge in [-0.05, 0) is 41.6 Å². The van der Waals surface area contributed by atoms with Gasteiger partial charge in [-0.25, -0.2) is 9.89 Å². The van der Waals surface area contributed by atoms with E-state index >= 15 is 0 Å². The molecule has 0 bridgehead atoms. The molecule has 0 saturated carbocycles. The average Bonchev–Trinajstić information content (AvgIpc) is 3.57. The van der Waals surface area contributed by atoms with Crippen molar-refractivity contribution in [3.8, 4) is 0 Å². The number of halogens is 1. The van der Waals surface area contributed by atoms with E-state index in [1.54, 1.807) is 17.4 Å². The van der Waals surface area contributed by atoms with Crippen LogP contribution in [0.2, 0.25) is 5.02 Å². The Morgan fingerprint density at radius 3 is 2.61 bits per heavy atom. The fourth-order valence-electron chi connectivity index (χ4n) is 4.06. The van der Waals surface area contributed by atoms with Gasteiger partial charge in [-0.15, -0.1) is 11.3 Å². The molecule has 5 rings (SSSR count). The number of benzene rings is 2. The van der Waals surface area contributed by atoms with Crippen molar-refractivity contribution in [1.82, 2.24) is 15.5 Å². The Balaban J connectivity index is 1.22. The van der Waals surface area contributed by atoms with Gasteiger partial charge < -0.3 is 10.6 Å². The number of thiophene rings is 1. The van der Waals surface area contributed by atoms with Crippen molar-refractivity contribution in [3.05, 3.63) is 87.1 Å². The Bertz CT molecular complexity index is 1420. The highest BCUT2D eigenvalue weighted by molar-refractivity contribution is 8.14. The van der Waals surface area contributed by atoms with Crippen LogP contribution in [0.25, 0.3) is 0 Å². The summed E-state index contributed by atoms with van der Waals surface area (Å²) in [5.41, 5.74) is 2.25. The largest absolute Gasteiger partial charge is 0.351 e. The van der Waals surface area contributed by atoms with E-state index in [4.69, 9.17) is 11.6 Å². The van der Waals surface area contributed by atoms with E-state index in [1.165, 1.54) is 16.7 Å². The third kappa shape index (κ3) is 5.98. The molecule has 3 heterocycles. The smallest absolute Gasteiger partial charge is 0.259 e. The molecule has 194 valence electrons. The van der Waals surface area contributed by atoms with Gasteiger partial charge in [-0.2, -0.15) is 0 Å². The molecular formula is C27H24ClN5O3S2. The molecule has 0 unspecified atom stereocenters. The SMILES string of the molecule is O=C(CC[C@@H]1N=C2c3ccccc3N=C(SCC(=O)NCc3ccccc3Cl)N2C1=O)NCc1cccs1. The van der Waals surface area contributed by atoms with Gasteiger partial charge in [0.15, 0.2) is 5.17 Å². The summed E-state index contributed by atoms with van der Waals surface area (Å²) in [6.07, 6.45) is 0.464. The molecule has 2 aromatic carbocycles. The molecule has 0 saturated heterocycles. The Kier molecular flexibility index (Phi) is 8.21. The van der Waals surface area contributed by atoms with Crippen LogP contribution in [0.4, 0.5) is 5.69 Å². The molecule has 11 heteroatoms. The van der Waals surface area contributed by atoms with E-state index in [2.05, 4.69) is 20.6 Å². The minimum Gasteiger partial charge on any atom is -0.351 e. The number of amidine groups is 2. The van der Waals surface area contributed by atoms with Gasteiger partial charge in [0.1, 0.15) is 11.9 Å². The number of carbonyl (C=O) groups is 3. The lowest BCUT2D eigenvalue weighted by Crippen LogP contribution is -2.41. The summed E-state index contributed by atoms with van der Waals surface area (Å²) in [6.45, 7) is 0.773. The maximum atomic E-state index is 13.4. The van der Waals surface area contributed by atoms with Crippen LogP contribution >= 0.6 is 34.7 Å². The molecule has 1 atom stereocenters. The molecule has 0 radical (unpaired) electrons. The van der Waals surface area contributed by atoms with Crippen LogP contribution in [0.3, 0.4) is 0 Å². The van der Waals surface area contributed by atoms with Crippen molar-refractivity contribution in [2.24, 2.45) is 9.98 Å². The fraction of sp³-hybridized carbons (Fsp3) is 0.222. The molecular weight excluding hydrogens is 542 g/mol. The summed E-state index contributed by atoms with van der Waals surface area (Å²) in [4.78, 5) is 50.2. The first-order valence-corrected chi connectivity index (χ1v) is 14.3. The molecule has 1 aromatic heterocycles. The maximum absolute atomic E-state index is 13.4. The third-order valence-electron chi connectivity index (χ3n) is 6.00. The van der Waals surface area contributed by atoms with Gasteiger partial charge in [-0.3, -0.25) is 19.4 Å². The number of rotatable bonds is 9. The molecule has 2 aliphatic rings. The molecule has 0 fully saturated rings. The normalized spacial score (nSPS) is 15.9. The summed E-state index contributed by atoms with van der Waals surface area (Å²) < 4.78 is 0. The first kappa shape index (κ1) is 26.1. The van der Waals surface area contributed by atoms with E-state index in [0.717, 1.165) is 16.0 Å². The zero-order valence-corrected chi connectivity index (χ0v) is 22.6. The molecule has 2 aliphatic heterocycles. The van der Waals surface area contributed by atoms with E-state index < -0.39 is 6.04 Å². The van der Waals surface area contributed by atoms with Gasteiger partial charge in [0, 0.05) is 28.4 Å². The highest BCUT2D eigenvalue weighted by Crippen LogP contribution is 2.34. The first-order chi connectivity index (χ1) is 18.5. The fourth-order valence-corrected chi connectivity index (χ4v) is 5.74. The number of nitrogens with one attached hydrogen (secondary N) is 2. The second-order valence-corrected chi connectivity index (χ2v) is 11.0. The minimum absolute atomic E-state index is 0.0678. The van der Waals surface area contributed by atoms with Crippen molar-refractivity contribution < 1.29 is 14.4 Å². The van der Waals surface area contributed by atoms with Crippen LogP contribution in [0, 0.1) is 0 Å². The number of thioether (sulfide) groups is 1. The molecule has 0 spiro atoms. The van der Waals surface area contributed by atoms with Crippen molar-refractivity contribution in [2.75, 3.05) is 5.75 Å². The van der Waals surface area contributed by atoms with Crippen LogP contribution in [0.15, 0.2) is 76.0 Å². The second-order valence-electron chi connectivity index (χ2n) is 8.61. The lowest BCUT2D eigenvalue weighted by atomic mass is 10.1. The van der Waals surface area contributed by atoms with Crippen molar-refractivity contribution in [3.63, 3.8) is 0 Å². The highest BCUT2D eigenvalue weighted by atomic mass is 35.5. The monoisotopic (exact) mass is 565 g/mol. The Morgan fingerprint density at radius 1 is 1.00 bits per heavy atom.